The van der Waals surface area contributed by atoms with Crippen molar-refractivity contribution >= 4 is 11.7 Å². The summed E-state index contributed by atoms with van der Waals surface area (Å²) in [6.45, 7) is 6.24. The third-order valence-corrected chi connectivity index (χ3v) is 3.55. The average molecular weight is 282 g/mol. The monoisotopic (exact) mass is 282 g/mol. The number of anilines is 1. The van der Waals surface area contributed by atoms with Crippen molar-refractivity contribution in [2.24, 2.45) is 0 Å². The molecule has 1 atom stereocenters. The number of benzene rings is 2. The van der Waals surface area contributed by atoms with E-state index in [1.54, 1.807) is 0 Å². The molecule has 0 aliphatic rings. The molecule has 21 heavy (non-hydrogen) atoms. The first-order valence-electron chi connectivity index (χ1n) is 7.30. The maximum absolute atomic E-state index is 12.1. The molecule has 2 aromatic carbocycles. The van der Waals surface area contributed by atoms with Gasteiger partial charge in [-0.25, -0.2) is 4.79 Å². The number of aryl methyl sites for hydroxylation is 2. The van der Waals surface area contributed by atoms with E-state index in [0.717, 1.165) is 12.1 Å². The Morgan fingerprint density at radius 1 is 1.10 bits per heavy atom. The lowest BCUT2D eigenvalue weighted by molar-refractivity contribution is 0.248. The highest BCUT2D eigenvalue weighted by Crippen LogP contribution is 2.21. The third kappa shape index (κ3) is 4.09. The topological polar surface area (TPSA) is 41.1 Å². The lowest BCUT2D eigenvalue weighted by Gasteiger charge is -2.20. The molecule has 0 aromatic heterocycles. The minimum atomic E-state index is -0.173. The summed E-state index contributed by atoms with van der Waals surface area (Å²) in [5, 5.41) is 5.90. The Morgan fingerprint density at radius 2 is 1.81 bits per heavy atom. The second kappa shape index (κ2) is 6.93. The maximum Gasteiger partial charge on any atom is 0.319 e. The van der Waals surface area contributed by atoms with Crippen LogP contribution in [0.5, 0.6) is 0 Å². The number of rotatable bonds is 4. The minimum Gasteiger partial charge on any atom is -0.331 e. The van der Waals surface area contributed by atoms with E-state index in [-0.39, 0.29) is 12.1 Å². The van der Waals surface area contributed by atoms with Crippen molar-refractivity contribution < 1.29 is 4.79 Å². The van der Waals surface area contributed by atoms with Gasteiger partial charge in [0.15, 0.2) is 0 Å². The summed E-state index contributed by atoms with van der Waals surface area (Å²) >= 11 is 0. The van der Waals surface area contributed by atoms with Crippen molar-refractivity contribution in [2.75, 3.05) is 5.32 Å². The van der Waals surface area contributed by atoms with E-state index in [9.17, 15) is 4.79 Å². The van der Waals surface area contributed by atoms with Crippen molar-refractivity contribution in [2.45, 2.75) is 33.2 Å². The number of carbonyl (C=O) groups excluding carboxylic acids is 1. The van der Waals surface area contributed by atoms with Gasteiger partial charge in [-0.2, -0.15) is 0 Å². The summed E-state index contributed by atoms with van der Waals surface area (Å²) in [4.78, 5) is 12.1. The zero-order valence-corrected chi connectivity index (χ0v) is 12.8. The van der Waals surface area contributed by atoms with Crippen LogP contribution in [0.2, 0.25) is 0 Å². The van der Waals surface area contributed by atoms with E-state index in [1.165, 1.54) is 16.7 Å². The van der Waals surface area contributed by atoms with E-state index in [1.807, 2.05) is 30.3 Å². The molecule has 2 N–H and O–H groups in total. The van der Waals surface area contributed by atoms with Gasteiger partial charge in [0.05, 0.1) is 6.04 Å². The highest BCUT2D eigenvalue weighted by atomic mass is 16.2. The SMILES string of the molecule is CCC(NC(=O)Nc1ccccc1)c1ccc(C)cc1C. The lowest BCUT2D eigenvalue weighted by Crippen LogP contribution is -2.32. The summed E-state index contributed by atoms with van der Waals surface area (Å²) in [6, 6.07) is 15.7. The molecule has 1 unspecified atom stereocenters. The molecule has 0 saturated heterocycles. The van der Waals surface area contributed by atoms with Gasteiger partial charge in [0.1, 0.15) is 0 Å². The van der Waals surface area contributed by atoms with Gasteiger partial charge in [-0.3, -0.25) is 0 Å². The molecule has 0 saturated carbocycles. The maximum atomic E-state index is 12.1. The summed E-state index contributed by atoms with van der Waals surface area (Å²) in [5.74, 6) is 0. The van der Waals surface area contributed by atoms with Crippen LogP contribution in [-0.2, 0) is 0 Å². The molecule has 0 heterocycles. The first-order valence-corrected chi connectivity index (χ1v) is 7.30. The van der Waals surface area contributed by atoms with E-state index in [4.69, 9.17) is 0 Å². The third-order valence-electron chi connectivity index (χ3n) is 3.55. The molecular formula is C18H22N2O. The molecule has 2 aromatic rings. The summed E-state index contributed by atoms with van der Waals surface area (Å²) < 4.78 is 0. The normalized spacial score (nSPS) is 11.8. The first-order chi connectivity index (χ1) is 10.1. The smallest absolute Gasteiger partial charge is 0.319 e. The molecule has 110 valence electrons. The second-order valence-electron chi connectivity index (χ2n) is 5.29. The van der Waals surface area contributed by atoms with E-state index >= 15 is 0 Å². The fourth-order valence-electron chi connectivity index (χ4n) is 2.46. The van der Waals surface area contributed by atoms with Gasteiger partial charge in [0.2, 0.25) is 0 Å². The molecule has 0 spiro atoms. The van der Waals surface area contributed by atoms with Crippen LogP contribution in [0.15, 0.2) is 48.5 Å². The molecule has 0 radical (unpaired) electrons. The van der Waals surface area contributed by atoms with Gasteiger partial charge in [-0.15, -0.1) is 0 Å². The molecule has 3 heteroatoms. The van der Waals surface area contributed by atoms with Crippen molar-refractivity contribution in [3.05, 3.63) is 65.2 Å². The summed E-state index contributed by atoms with van der Waals surface area (Å²) in [6.07, 6.45) is 0.853. The van der Waals surface area contributed by atoms with Gasteiger partial charge in [-0.1, -0.05) is 48.9 Å². The molecule has 0 fully saturated rings. The highest BCUT2D eigenvalue weighted by molar-refractivity contribution is 5.89. The number of nitrogens with one attached hydrogen (secondary N) is 2. The number of urea groups is 1. The Bertz CT molecular complexity index is 608. The molecule has 2 amide bonds. The predicted molar refractivity (Wildman–Crippen MR) is 87.5 cm³/mol. The van der Waals surface area contributed by atoms with Crippen LogP contribution in [0.1, 0.15) is 36.1 Å². The molecule has 0 aliphatic heterocycles. The van der Waals surface area contributed by atoms with Gasteiger partial charge >= 0.3 is 6.03 Å². The number of amides is 2. The Kier molecular flexibility index (Phi) is 4.99. The van der Waals surface area contributed by atoms with Gasteiger partial charge in [0.25, 0.3) is 0 Å². The lowest BCUT2D eigenvalue weighted by atomic mass is 9.98. The molecular weight excluding hydrogens is 260 g/mol. The Balaban J connectivity index is 2.06. The van der Waals surface area contributed by atoms with Crippen LogP contribution in [0.3, 0.4) is 0 Å². The molecule has 0 bridgehead atoms. The largest absolute Gasteiger partial charge is 0.331 e. The molecule has 3 nitrogen and oxygen atoms in total. The van der Waals surface area contributed by atoms with Crippen molar-refractivity contribution in [1.29, 1.82) is 0 Å². The van der Waals surface area contributed by atoms with Crippen molar-refractivity contribution in [3.63, 3.8) is 0 Å². The zero-order valence-electron chi connectivity index (χ0n) is 12.8. The zero-order chi connectivity index (χ0) is 15.2. The number of hydrogen-bond acceptors (Lipinski definition) is 1. The van der Waals surface area contributed by atoms with E-state index < -0.39 is 0 Å². The Morgan fingerprint density at radius 3 is 2.43 bits per heavy atom. The fraction of sp³-hybridized carbons (Fsp3) is 0.278. The van der Waals surface area contributed by atoms with Gasteiger partial charge in [0, 0.05) is 5.69 Å². The Hall–Kier alpha value is -2.29. The van der Waals surface area contributed by atoms with Crippen molar-refractivity contribution in [3.8, 4) is 0 Å². The van der Waals surface area contributed by atoms with E-state index in [2.05, 4.69) is 49.6 Å². The van der Waals surface area contributed by atoms with Crippen LogP contribution in [0.4, 0.5) is 10.5 Å². The van der Waals surface area contributed by atoms with Crippen LogP contribution in [-0.4, -0.2) is 6.03 Å². The van der Waals surface area contributed by atoms with Crippen LogP contribution in [0.25, 0.3) is 0 Å². The molecule has 0 aliphatic carbocycles. The second-order valence-corrected chi connectivity index (χ2v) is 5.29. The quantitative estimate of drug-likeness (QED) is 0.847. The number of para-hydroxylation sites is 1. The Labute approximate surface area is 126 Å². The fourth-order valence-corrected chi connectivity index (χ4v) is 2.46. The number of hydrogen-bond donors (Lipinski definition) is 2. The molecule has 2 rings (SSSR count). The van der Waals surface area contributed by atoms with Crippen LogP contribution in [0, 0.1) is 13.8 Å². The first kappa shape index (κ1) is 15.1. The van der Waals surface area contributed by atoms with Crippen molar-refractivity contribution in [1.82, 2.24) is 5.32 Å². The van der Waals surface area contributed by atoms with E-state index in [0.29, 0.717) is 0 Å². The van der Waals surface area contributed by atoms with Gasteiger partial charge in [-0.05, 0) is 43.5 Å². The average Bonchev–Trinajstić information content (AvgIpc) is 2.46. The van der Waals surface area contributed by atoms with Crippen LogP contribution >= 0.6 is 0 Å². The highest BCUT2D eigenvalue weighted by Gasteiger charge is 2.14. The minimum absolute atomic E-state index is 0.0225. The number of carbonyl (C=O) groups is 1. The van der Waals surface area contributed by atoms with Crippen LogP contribution < -0.4 is 10.6 Å². The summed E-state index contributed by atoms with van der Waals surface area (Å²) in [7, 11) is 0. The summed E-state index contributed by atoms with van der Waals surface area (Å²) in [5.41, 5.74) is 4.42. The predicted octanol–water partition coefficient (Wildman–Crippen LogP) is 4.58. The van der Waals surface area contributed by atoms with Gasteiger partial charge < -0.3 is 10.6 Å². The standard InChI is InChI=1S/C18H22N2O/c1-4-17(16-11-10-13(2)12-14(16)3)20-18(21)19-15-8-6-5-7-9-15/h5-12,17H,4H2,1-3H3,(H2,19,20,21).